The summed E-state index contributed by atoms with van der Waals surface area (Å²) in [5, 5.41) is 3.20. The first-order valence-electron chi connectivity index (χ1n) is 5.49. The molecule has 0 fully saturated rings. The lowest BCUT2D eigenvalue weighted by molar-refractivity contribution is 0.0390. The lowest BCUT2D eigenvalue weighted by Crippen LogP contribution is -2.39. The maximum Gasteiger partial charge on any atom is 0.0978 e. The zero-order valence-corrected chi connectivity index (χ0v) is 9.75. The second-order valence-electron chi connectivity index (χ2n) is 3.49. The highest BCUT2D eigenvalue weighted by Crippen LogP contribution is 1.98. The number of ether oxygens (including phenoxy) is 1. The summed E-state index contributed by atoms with van der Waals surface area (Å²) in [4.78, 5) is 2.11. The van der Waals surface area contributed by atoms with Crippen LogP contribution in [0.1, 0.15) is 33.6 Å². The molecule has 4 nitrogen and oxygen atoms in total. The van der Waals surface area contributed by atoms with Crippen molar-refractivity contribution in [3.63, 3.8) is 0 Å². The van der Waals surface area contributed by atoms with Crippen LogP contribution in [0.4, 0.5) is 0 Å². The third-order valence-electron chi connectivity index (χ3n) is 2.21. The predicted octanol–water partition coefficient (Wildman–Crippen LogP) is 0.934. The van der Waals surface area contributed by atoms with E-state index in [1.165, 1.54) is 6.42 Å². The first-order chi connectivity index (χ1) is 6.74. The topological polar surface area (TPSA) is 50.5 Å². The van der Waals surface area contributed by atoms with E-state index in [0.717, 1.165) is 19.6 Å². The van der Waals surface area contributed by atoms with Crippen LogP contribution in [-0.2, 0) is 4.74 Å². The molecule has 0 rings (SSSR count). The average molecular weight is 203 g/mol. The molecule has 0 spiro atoms. The Hall–Kier alpha value is -0.160. The van der Waals surface area contributed by atoms with Gasteiger partial charge in [0.1, 0.15) is 0 Å². The number of nitrogens with zero attached hydrogens (tertiary/aromatic N) is 1. The van der Waals surface area contributed by atoms with Gasteiger partial charge in [-0.2, -0.15) is 0 Å². The molecule has 0 radical (unpaired) electrons. The van der Waals surface area contributed by atoms with Crippen molar-refractivity contribution in [1.82, 2.24) is 10.2 Å². The van der Waals surface area contributed by atoms with Gasteiger partial charge < -0.3 is 10.5 Å². The average Bonchev–Trinajstić information content (AvgIpc) is 2.19. The highest BCUT2D eigenvalue weighted by molar-refractivity contribution is 4.49. The Kier molecular flexibility index (Phi) is 9.29. The quantitative estimate of drug-likeness (QED) is 0.432. The second kappa shape index (κ2) is 9.40. The van der Waals surface area contributed by atoms with Gasteiger partial charge in [0.05, 0.1) is 19.5 Å². The van der Waals surface area contributed by atoms with Crippen LogP contribution in [0.5, 0.6) is 0 Å². The van der Waals surface area contributed by atoms with E-state index >= 15 is 0 Å². The van der Waals surface area contributed by atoms with E-state index in [9.17, 15) is 0 Å². The number of hydrogen-bond acceptors (Lipinski definition) is 4. The Bertz CT molecular complexity index is 118. The van der Waals surface area contributed by atoms with Crippen molar-refractivity contribution in [2.75, 3.05) is 26.6 Å². The van der Waals surface area contributed by atoms with Gasteiger partial charge in [0.2, 0.25) is 0 Å². The molecule has 0 saturated carbocycles. The molecule has 0 aliphatic heterocycles. The Morgan fingerprint density at radius 1 is 1.43 bits per heavy atom. The zero-order chi connectivity index (χ0) is 10.8. The smallest absolute Gasteiger partial charge is 0.0978 e. The minimum absolute atomic E-state index is 0.348. The van der Waals surface area contributed by atoms with Gasteiger partial charge in [-0.25, -0.2) is 0 Å². The molecule has 4 heteroatoms. The molecule has 0 bridgehead atoms. The summed E-state index contributed by atoms with van der Waals surface area (Å²) >= 11 is 0. The monoisotopic (exact) mass is 203 g/mol. The largest absolute Gasteiger partial charge is 0.363 e. The summed E-state index contributed by atoms with van der Waals surface area (Å²) in [7, 11) is 0. The highest BCUT2D eigenvalue weighted by Gasteiger charge is 2.00. The molecule has 0 aliphatic carbocycles. The Morgan fingerprint density at radius 2 is 2.14 bits per heavy atom. The van der Waals surface area contributed by atoms with Crippen LogP contribution < -0.4 is 11.1 Å². The molecule has 0 amide bonds. The lowest BCUT2D eigenvalue weighted by atomic mass is 10.2. The van der Waals surface area contributed by atoms with E-state index in [1.54, 1.807) is 0 Å². The molecular formula is C10H25N3O. The van der Waals surface area contributed by atoms with Gasteiger partial charge in [-0.1, -0.05) is 20.3 Å². The van der Waals surface area contributed by atoms with Crippen molar-refractivity contribution in [2.45, 2.75) is 39.7 Å². The summed E-state index contributed by atoms with van der Waals surface area (Å²) in [6, 6.07) is 0. The van der Waals surface area contributed by atoms with Crippen molar-refractivity contribution < 1.29 is 4.74 Å². The van der Waals surface area contributed by atoms with Gasteiger partial charge in [0.25, 0.3) is 0 Å². The van der Waals surface area contributed by atoms with E-state index in [1.807, 2.05) is 0 Å². The summed E-state index contributed by atoms with van der Waals surface area (Å²) in [6.07, 6.45) is 2.64. The van der Waals surface area contributed by atoms with Crippen molar-refractivity contribution in [1.29, 1.82) is 0 Å². The van der Waals surface area contributed by atoms with Gasteiger partial charge in [-0.15, -0.1) is 0 Å². The molecule has 0 heterocycles. The lowest BCUT2D eigenvalue weighted by Gasteiger charge is -2.19. The van der Waals surface area contributed by atoms with Crippen molar-refractivity contribution in [2.24, 2.45) is 5.73 Å². The molecule has 0 aromatic carbocycles. The molecule has 0 saturated heterocycles. The van der Waals surface area contributed by atoms with Gasteiger partial charge in [-0.05, 0) is 19.9 Å². The third kappa shape index (κ3) is 7.26. The minimum Gasteiger partial charge on any atom is -0.363 e. The van der Waals surface area contributed by atoms with E-state index in [4.69, 9.17) is 10.5 Å². The van der Waals surface area contributed by atoms with Gasteiger partial charge >= 0.3 is 0 Å². The van der Waals surface area contributed by atoms with Gasteiger partial charge in [0.15, 0.2) is 0 Å². The summed E-state index contributed by atoms with van der Waals surface area (Å²) < 4.78 is 5.54. The highest BCUT2D eigenvalue weighted by atomic mass is 16.5. The fourth-order valence-corrected chi connectivity index (χ4v) is 1.20. The number of rotatable bonds is 9. The molecule has 14 heavy (non-hydrogen) atoms. The van der Waals surface area contributed by atoms with Crippen molar-refractivity contribution in [3.05, 3.63) is 0 Å². The molecule has 0 aliphatic rings. The molecule has 1 unspecified atom stereocenters. The Morgan fingerprint density at radius 3 is 2.64 bits per heavy atom. The summed E-state index contributed by atoms with van der Waals surface area (Å²) in [6.45, 7) is 9.33. The molecule has 0 aromatic heterocycles. The second-order valence-corrected chi connectivity index (χ2v) is 3.49. The van der Waals surface area contributed by atoms with Crippen LogP contribution in [0.15, 0.2) is 0 Å². The molecule has 0 aromatic rings. The maximum absolute atomic E-state index is 5.54. The number of nitrogens with two attached hydrogens (primary N) is 1. The van der Waals surface area contributed by atoms with Crippen LogP contribution in [-0.4, -0.2) is 37.6 Å². The summed E-state index contributed by atoms with van der Waals surface area (Å²) in [5.41, 5.74) is 5.52. The van der Waals surface area contributed by atoms with Gasteiger partial charge in [0, 0.05) is 6.67 Å². The minimum atomic E-state index is 0.348. The number of hydrogen-bond donors (Lipinski definition) is 2. The normalized spacial score (nSPS) is 13.5. The van der Waals surface area contributed by atoms with E-state index in [0.29, 0.717) is 19.5 Å². The first-order valence-corrected chi connectivity index (χ1v) is 5.49. The molecule has 3 N–H and O–H groups in total. The number of nitrogens with one attached hydrogen (secondary N) is 1. The van der Waals surface area contributed by atoms with Gasteiger partial charge in [-0.3, -0.25) is 10.2 Å². The zero-order valence-electron chi connectivity index (χ0n) is 9.75. The standard InChI is InChI=1S/C10H25N3O/c1-4-6-10(3)14-9-12-8-13(5-2)7-11/h10,12H,4-9,11H2,1-3H3. The van der Waals surface area contributed by atoms with E-state index < -0.39 is 0 Å². The van der Waals surface area contributed by atoms with Crippen LogP contribution in [0.3, 0.4) is 0 Å². The molecule has 86 valence electrons. The van der Waals surface area contributed by atoms with E-state index in [-0.39, 0.29) is 0 Å². The molecule has 1 atom stereocenters. The van der Waals surface area contributed by atoms with Crippen molar-refractivity contribution in [3.8, 4) is 0 Å². The fraction of sp³-hybridized carbons (Fsp3) is 1.00. The summed E-state index contributed by atoms with van der Waals surface area (Å²) in [5.74, 6) is 0. The van der Waals surface area contributed by atoms with E-state index in [2.05, 4.69) is 31.0 Å². The SMILES string of the molecule is CCCC(C)OCNCN(CC)CN. The van der Waals surface area contributed by atoms with Crippen LogP contribution in [0, 0.1) is 0 Å². The van der Waals surface area contributed by atoms with Crippen LogP contribution in [0.25, 0.3) is 0 Å². The van der Waals surface area contributed by atoms with Crippen molar-refractivity contribution >= 4 is 0 Å². The van der Waals surface area contributed by atoms with Crippen LogP contribution in [0.2, 0.25) is 0 Å². The maximum atomic E-state index is 5.54. The predicted molar refractivity (Wildman–Crippen MR) is 59.8 cm³/mol. The Balaban J connectivity index is 3.27. The Labute approximate surface area is 87.8 Å². The molecular weight excluding hydrogens is 178 g/mol. The first kappa shape index (κ1) is 13.8. The van der Waals surface area contributed by atoms with Crippen LogP contribution >= 0.6 is 0 Å². The third-order valence-corrected chi connectivity index (χ3v) is 2.21. The fourth-order valence-electron chi connectivity index (χ4n) is 1.20.